The third kappa shape index (κ3) is 4.59. The van der Waals surface area contributed by atoms with Crippen molar-refractivity contribution in [1.82, 2.24) is 0 Å². The number of rotatable bonds is 5. The topological polar surface area (TPSA) is 61.4 Å². The lowest BCUT2D eigenvalue weighted by molar-refractivity contribution is -0.116. The molecular weight excluding hydrogens is 302 g/mol. The van der Waals surface area contributed by atoms with E-state index in [0.717, 1.165) is 22.6 Å². The first-order valence-electron chi connectivity index (χ1n) is 7.82. The Hall–Kier alpha value is -2.82. The van der Waals surface area contributed by atoms with Gasteiger partial charge in [-0.3, -0.25) is 9.59 Å². The Morgan fingerprint density at radius 3 is 2.17 bits per heavy atom. The average molecular weight is 325 g/mol. The van der Waals surface area contributed by atoms with Gasteiger partial charge < -0.3 is 15.5 Å². The third-order valence-electron chi connectivity index (χ3n) is 3.97. The van der Waals surface area contributed by atoms with Gasteiger partial charge in [0.15, 0.2) is 0 Å². The maximum Gasteiger partial charge on any atom is 0.243 e. The Bertz CT molecular complexity index is 739. The highest BCUT2D eigenvalue weighted by Gasteiger charge is 2.06. The molecule has 0 saturated carbocycles. The Balaban J connectivity index is 1.89. The second kappa shape index (κ2) is 7.64. The summed E-state index contributed by atoms with van der Waals surface area (Å²) >= 11 is 0. The molecule has 2 amide bonds. The molecule has 0 saturated heterocycles. The zero-order valence-corrected chi connectivity index (χ0v) is 14.5. The predicted molar refractivity (Wildman–Crippen MR) is 98.6 cm³/mol. The van der Waals surface area contributed by atoms with E-state index in [-0.39, 0.29) is 18.4 Å². The summed E-state index contributed by atoms with van der Waals surface area (Å²) in [6, 6.07) is 13.2. The van der Waals surface area contributed by atoms with Crippen LogP contribution in [0.2, 0.25) is 0 Å². The number of amides is 2. The van der Waals surface area contributed by atoms with Gasteiger partial charge in [0.1, 0.15) is 0 Å². The van der Waals surface area contributed by atoms with Crippen LogP contribution in [0.5, 0.6) is 0 Å². The lowest BCUT2D eigenvalue weighted by atomic mass is 10.1. The second-order valence-electron chi connectivity index (χ2n) is 5.83. The molecule has 2 rings (SSSR count). The summed E-state index contributed by atoms with van der Waals surface area (Å²) in [5.74, 6) is -0.133. The number of benzene rings is 2. The number of aryl methyl sites for hydroxylation is 2. The van der Waals surface area contributed by atoms with Gasteiger partial charge in [-0.05, 0) is 61.4 Å². The van der Waals surface area contributed by atoms with Gasteiger partial charge in [-0.25, -0.2) is 0 Å². The largest absolute Gasteiger partial charge is 0.376 e. The molecule has 0 spiro atoms. The van der Waals surface area contributed by atoms with Crippen molar-refractivity contribution in [3.63, 3.8) is 0 Å². The molecule has 0 atom stereocenters. The van der Waals surface area contributed by atoms with Gasteiger partial charge in [0.05, 0.1) is 6.54 Å². The molecule has 0 aromatic heterocycles. The maximum atomic E-state index is 12.0. The van der Waals surface area contributed by atoms with Crippen molar-refractivity contribution < 1.29 is 9.59 Å². The molecule has 2 N–H and O–H groups in total. The predicted octanol–water partition coefficient (Wildman–Crippen LogP) is 3.34. The molecule has 0 aliphatic carbocycles. The van der Waals surface area contributed by atoms with E-state index >= 15 is 0 Å². The number of hydrogen-bond donors (Lipinski definition) is 2. The maximum absolute atomic E-state index is 12.0. The first kappa shape index (κ1) is 17.5. The highest BCUT2D eigenvalue weighted by atomic mass is 16.2. The fourth-order valence-electron chi connectivity index (χ4n) is 2.19. The lowest BCUT2D eigenvalue weighted by Gasteiger charge is -2.15. The van der Waals surface area contributed by atoms with Crippen molar-refractivity contribution in [2.24, 2.45) is 0 Å². The van der Waals surface area contributed by atoms with Gasteiger partial charge in [0.25, 0.3) is 0 Å². The monoisotopic (exact) mass is 325 g/mol. The molecular formula is C19H23N3O2. The zero-order chi connectivity index (χ0) is 17.7. The number of hydrogen-bond acceptors (Lipinski definition) is 3. The van der Waals surface area contributed by atoms with Crippen molar-refractivity contribution in [2.75, 3.05) is 29.1 Å². The minimum Gasteiger partial charge on any atom is -0.376 e. The zero-order valence-electron chi connectivity index (χ0n) is 14.5. The SMILES string of the molecule is CC(=O)N(C)c1ccc(NCC(=O)Nc2ccc(C)c(C)c2)cc1. The van der Waals surface area contributed by atoms with E-state index in [1.807, 2.05) is 56.3 Å². The van der Waals surface area contributed by atoms with Crippen LogP contribution in [0.4, 0.5) is 17.1 Å². The summed E-state index contributed by atoms with van der Waals surface area (Å²) in [7, 11) is 1.72. The van der Waals surface area contributed by atoms with E-state index in [2.05, 4.69) is 10.6 Å². The molecule has 0 aliphatic rings. The van der Waals surface area contributed by atoms with Gasteiger partial charge in [-0.15, -0.1) is 0 Å². The van der Waals surface area contributed by atoms with E-state index in [4.69, 9.17) is 0 Å². The van der Waals surface area contributed by atoms with Crippen LogP contribution in [-0.2, 0) is 9.59 Å². The van der Waals surface area contributed by atoms with Gasteiger partial charge >= 0.3 is 0 Å². The molecule has 0 fully saturated rings. The molecule has 24 heavy (non-hydrogen) atoms. The quantitative estimate of drug-likeness (QED) is 0.886. The summed E-state index contributed by atoms with van der Waals surface area (Å²) < 4.78 is 0. The smallest absolute Gasteiger partial charge is 0.243 e. The van der Waals surface area contributed by atoms with Crippen LogP contribution >= 0.6 is 0 Å². The molecule has 0 aliphatic heterocycles. The Kier molecular flexibility index (Phi) is 5.58. The number of carbonyl (C=O) groups is 2. The van der Waals surface area contributed by atoms with Crippen LogP contribution in [0.25, 0.3) is 0 Å². The molecule has 0 heterocycles. The van der Waals surface area contributed by atoms with Crippen LogP contribution in [0.15, 0.2) is 42.5 Å². The van der Waals surface area contributed by atoms with Crippen molar-refractivity contribution in [3.05, 3.63) is 53.6 Å². The molecule has 5 heteroatoms. The van der Waals surface area contributed by atoms with E-state index in [1.54, 1.807) is 11.9 Å². The minimum absolute atomic E-state index is 0.0246. The van der Waals surface area contributed by atoms with Crippen molar-refractivity contribution in [1.29, 1.82) is 0 Å². The van der Waals surface area contributed by atoms with Gasteiger partial charge in [-0.2, -0.15) is 0 Å². The number of nitrogens with zero attached hydrogens (tertiary/aromatic N) is 1. The summed E-state index contributed by atoms with van der Waals surface area (Å²) in [6.07, 6.45) is 0. The molecule has 2 aromatic carbocycles. The normalized spacial score (nSPS) is 10.2. The third-order valence-corrected chi connectivity index (χ3v) is 3.97. The Labute approximate surface area is 142 Å². The molecule has 5 nitrogen and oxygen atoms in total. The highest BCUT2D eigenvalue weighted by molar-refractivity contribution is 5.94. The van der Waals surface area contributed by atoms with Crippen LogP contribution < -0.4 is 15.5 Å². The van der Waals surface area contributed by atoms with E-state index in [0.29, 0.717) is 0 Å². The first-order chi connectivity index (χ1) is 11.4. The molecule has 126 valence electrons. The van der Waals surface area contributed by atoms with Crippen LogP contribution in [-0.4, -0.2) is 25.4 Å². The molecule has 0 radical (unpaired) electrons. The summed E-state index contributed by atoms with van der Waals surface area (Å²) in [5.41, 5.74) is 4.77. The lowest BCUT2D eigenvalue weighted by Crippen LogP contribution is -2.23. The molecule has 0 bridgehead atoms. The molecule has 0 unspecified atom stereocenters. The van der Waals surface area contributed by atoms with Gasteiger partial charge in [-0.1, -0.05) is 6.07 Å². The van der Waals surface area contributed by atoms with Gasteiger partial charge in [0.2, 0.25) is 11.8 Å². The number of carbonyl (C=O) groups excluding carboxylic acids is 2. The van der Waals surface area contributed by atoms with Crippen LogP contribution in [0, 0.1) is 13.8 Å². The van der Waals surface area contributed by atoms with Gasteiger partial charge in [0, 0.05) is 31.0 Å². The van der Waals surface area contributed by atoms with E-state index in [1.165, 1.54) is 12.5 Å². The van der Waals surface area contributed by atoms with Crippen molar-refractivity contribution in [2.45, 2.75) is 20.8 Å². The number of anilines is 3. The first-order valence-corrected chi connectivity index (χ1v) is 7.82. The minimum atomic E-state index is -0.108. The van der Waals surface area contributed by atoms with Crippen LogP contribution in [0.1, 0.15) is 18.1 Å². The standard InChI is InChI=1S/C19H23N3O2/c1-13-5-6-17(11-14(13)2)21-19(24)12-20-16-7-9-18(10-8-16)22(4)15(3)23/h5-11,20H,12H2,1-4H3,(H,21,24). The van der Waals surface area contributed by atoms with Crippen molar-refractivity contribution >= 4 is 28.9 Å². The fraction of sp³-hybridized carbons (Fsp3) is 0.263. The van der Waals surface area contributed by atoms with Crippen LogP contribution in [0.3, 0.4) is 0 Å². The Morgan fingerprint density at radius 1 is 0.958 bits per heavy atom. The van der Waals surface area contributed by atoms with Crippen molar-refractivity contribution in [3.8, 4) is 0 Å². The summed E-state index contributed by atoms with van der Waals surface area (Å²) in [5, 5.41) is 5.94. The summed E-state index contributed by atoms with van der Waals surface area (Å²) in [6.45, 7) is 5.75. The fourth-order valence-corrected chi connectivity index (χ4v) is 2.19. The molecule has 2 aromatic rings. The van der Waals surface area contributed by atoms with E-state index < -0.39 is 0 Å². The second-order valence-corrected chi connectivity index (χ2v) is 5.83. The Morgan fingerprint density at radius 2 is 1.58 bits per heavy atom. The summed E-state index contributed by atoms with van der Waals surface area (Å²) in [4.78, 5) is 24.9. The number of nitrogens with one attached hydrogen (secondary N) is 2. The average Bonchev–Trinajstić information content (AvgIpc) is 2.56. The van der Waals surface area contributed by atoms with E-state index in [9.17, 15) is 9.59 Å². The highest BCUT2D eigenvalue weighted by Crippen LogP contribution is 2.17.